The van der Waals surface area contributed by atoms with Gasteiger partial charge in [-0.25, -0.2) is 0 Å². The number of halogens is 2. The Bertz CT molecular complexity index is 453. The van der Waals surface area contributed by atoms with Gasteiger partial charge >= 0.3 is 0 Å². The van der Waals surface area contributed by atoms with Crippen LogP contribution in [0.2, 0.25) is 5.02 Å². The van der Waals surface area contributed by atoms with E-state index in [0.29, 0.717) is 10.6 Å². The van der Waals surface area contributed by atoms with Gasteiger partial charge in [-0.1, -0.05) is 18.0 Å². The summed E-state index contributed by atoms with van der Waals surface area (Å²) in [5.74, 6) is 0.0506. The van der Waals surface area contributed by atoms with E-state index in [1.165, 1.54) is 0 Å². The van der Waals surface area contributed by atoms with Crippen molar-refractivity contribution in [3.8, 4) is 0 Å². The quantitative estimate of drug-likeness (QED) is 0.894. The number of hydrogen-bond donors (Lipinski definition) is 2. The fourth-order valence-corrected chi connectivity index (χ4v) is 2.76. The van der Waals surface area contributed by atoms with Gasteiger partial charge in [-0.3, -0.25) is 4.79 Å². The van der Waals surface area contributed by atoms with Crippen LogP contribution in [0.25, 0.3) is 0 Å². The van der Waals surface area contributed by atoms with Crippen molar-refractivity contribution in [2.24, 2.45) is 5.92 Å². The van der Waals surface area contributed by atoms with Crippen LogP contribution < -0.4 is 5.32 Å². The Morgan fingerprint density at radius 2 is 2.28 bits per heavy atom. The minimum Gasteiger partial charge on any atom is -0.396 e. The van der Waals surface area contributed by atoms with Gasteiger partial charge in [0.15, 0.2) is 0 Å². The zero-order valence-corrected chi connectivity index (χ0v) is 12.2. The summed E-state index contributed by atoms with van der Waals surface area (Å²) in [4.78, 5) is 12.1. The highest BCUT2D eigenvalue weighted by molar-refractivity contribution is 9.10. The number of benzene rings is 1. The summed E-state index contributed by atoms with van der Waals surface area (Å²) in [7, 11) is 0. The molecule has 1 aromatic carbocycles. The summed E-state index contributed by atoms with van der Waals surface area (Å²) in [5.41, 5.74) is 0.548. The zero-order valence-electron chi connectivity index (χ0n) is 9.83. The number of aliphatic hydroxyl groups is 1. The molecule has 5 heteroatoms. The predicted octanol–water partition coefficient (Wildman–Crippen LogP) is 2.99. The van der Waals surface area contributed by atoms with Gasteiger partial charge in [0.05, 0.1) is 5.02 Å². The van der Waals surface area contributed by atoms with Crippen LogP contribution in [0.1, 0.15) is 29.6 Å². The summed E-state index contributed by atoms with van der Waals surface area (Å²) in [6.07, 6.45) is 2.96. The molecule has 0 spiro atoms. The SMILES string of the molecule is O=C(NC1CCCC1CO)c1ccc(Br)c(Cl)c1. The van der Waals surface area contributed by atoms with Crippen LogP contribution in [0.4, 0.5) is 0 Å². The molecule has 0 aromatic heterocycles. The second-order valence-corrected chi connectivity index (χ2v) is 5.84. The molecule has 0 heterocycles. The molecule has 0 saturated heterocycles. The molecule has 0 aliphatic heterocycles. The number of aliphatic hydroxyl groups excluding tert-OH is 1. The molecule has 1 aromatic rings. The molecule has 2 atom stereocenters. The largest absolute Gasteiger partial charge is 0.396 e. The van der Waals surface area contributed by atoms with Crippen LogP contribution >= 0.6 is 27.5 Å². The Morgan fingerprint density at radius 1 is 1.50 bits per heavy atom. The second-order valence-electron chi connectivity index (χ2n) is 4.58. The molecule has 3 nitrogen and oxygen atoms in total. The van der Waals surface area contributed by atoms with Gasteiger partial charge in [0, 0.05) is 28.6 Å². The minimum absolute atomic E-state index is 0.0740. The maximum Gasteiger partial charge on any atom is 0.251 e. The van der Waals surface area contributed by atoms with Crippen LogP contribution in [0, 0.1) is 5.92 Å². The Morgan fingerprint density at radius 3 is 2.94 bits per heavy atom. The number of carbonyl (C=O) groups excluding carboxylic acids is 1. The third-order valence-electron chi connectivity index (χ3n) is 3.39. The Labute approximate surface area is 120 Å². The van der Waals surface area contributed by atoms with Crippen molar-refractivity contribution in [3.63, 3.8) is 0 Å². The molecule has 1 amide bonds. The molecule has 0 bridgehead atoms. The van der Waals surface area contributed by atoms with E-state index in [2.05, 4.69) is 21.2 Å². The molecular formula is C13H15BrClNO2. The van der Waals surface area contributed by atoms with Gasteiger partial charge in [0.2, 0.25) is 0 Å². The topological polar surface area (TPSA) is 49.3 Å². The molecule has 1 aliphatic carbocycles. The first-order valence-electron chi connectivity index (χ1n) is 5.98. The minimum atomic E-state index is -0.130. The Balaban J connectivity index is 2.05. The van der Waals surface area contributed by atoms with E-state index in [1.807, 2.05) is 0 Å². The average Bonchev–Trinajstić information content (AvgIpc) is 2.79. The third-order valence-corrected chi connectivity index (χ3v) is 4.62. The van der Waals surface area contributed by atoms with E-state index in [1.54, 1.807) is 18.2 Å². The lowest BCUT2D eigenvalue weighted by Crippen LogP contribution is -2.38. The van der Waals surface area contributed by atoms with Crippen LogP contribution in [0.15, 0.2) is 22.7 Å². The smallest absolute Gasteiger partial charge is 0.251 e. The molecule has 18 heavy (non-hydrogen) atoms. The molecule has 1 saturated carbocycles. The average molecular weight is 333 g/mol. The zero-order chi connectivity index (χ0) is 13.1. The van der Waals surface area contributed by atoms with E-state index in [0.717, 1.165) is 23.7 Å². The van der Waals surface area contributed by atoms with Crippen LogP contribution in [0.3, 0.4) is 0 Å². The van der Waals surface area contributed by atoms with Gasteiger partial charge in [-0.05, 0) is 47.0 Å². The first-order chi connectivity index (χ1) is 8.61. The molecule has 2 N–H and O–H groups in total. The number of nitrogens with one attached hydrogen (secondary N) is 1. The van der Waals surface area contributed by atoms with Crippen molar-refractivity contribution in [2.75, 3.05) is 6.61 Å². The van der Waals surface area contributed by atoms with Gasteiger partial charge in [0.25, 0.3) is 5.91 Å². The number of amides is 1. The Kier molecular flexibility index (Phi) is 4.65. The van der Waals surface area contributed by atoms with Gasteiger partial charge in [-0.15, -0.1) is 0 Å². The summed E-state index contributed by atoms with van der Waals surface area (Å²) in [6, 6.07) is 5.21. The molecule has 1 fully saturated rings. The lowest BCUT2D eigenvalue weighted by atomic mass is 10.0. The summed E-state index contributed by atoms with van der Waals surface area (Å²) in [6.45, 7) is 0.131. The standard InChI is InChI=1S/C13H15BrClNO2/c14-10-5-4-8(6-11(10)15)13(18)16-12-3-1-2-9(12)7-17/h4-6,9,12,17H,1-3,7H2,(H,16,18). The molecule has 0 radical (unpaired) electrons. The lowest BCUT2D eigenvalue weighted by molar-refractivity contribution is 0.0916. The van der Waals surface area contributed by atoms with Crippen molar-refractivity contribution < 1.29 is 9.90 Å². The lowest BCUT2D eigenvalue weighted by Gasteiger charge is -2.19. The van der Waals surface area contributed by atoms with Crippen LogP contribution in [-0.4, -0.2) is 23.7 Å². The number of carbonyl (C=O) groups is 1. The second kappa shape index (κ2) is 6.04. The number of hydrogen-bond acceptors (Lipinski definition) is 2. The highest BCUT2D eigenvalue weighted by Crippen LogP contribution is 2.26. The van der Waals surface area contributed by atoms with E-state index in [4.69, 9.17) is 11.6 Å². The summed E-state index contributed by atoms with van der Waals surface area (Å²) in [5, 5.41) is 12.7. The maximum absolute atomic E-state index is 12.1. The first-order valence-corrected chi connectivity index (χ1v) is 7.15. The monoisotopic (exact) mass is 331 g/mol. The van der Waals surface area contributed by atoms with Crippen LogP contribution in [-0.2, 0) is 0 Å². The van der Waals surface area contributed by atoms with Crippen molar-refractivity contribution in [2.45, 2.75) is 25.3 Å². The predicted molar refractivity (Wildman–Crippen MR) is 74.8 cm³/mol. The highest BCUT2D eigenvalue weighted by Gasteiger charge is 2.28. The normalized spacial score (nSPS) is 23.1. The van der Waals surface area contributed by atoms with E-state index in [9.17, 15) is 9.90 Å². The van der Waals surface area contributed by atoms with Crippen molar-refractivity contribution in [1.82, 2.24) is 5.32 Å². The molecule has 1 aliphatic rings. The van der Waals surface area contributed by atoms with Crippen molar-refractivity contribution in [1.29, 1.82) is 0 Å². The van der Waals surface area contributed by atoms with E-state index < -0.39 is 0 Å². The fourth-order valence-electron chi connectivity index (χ4n) is 2.33. The van der Waals surface area contributed by atoms with Gasteiger partial charge < -0.3 is 10.4 Å². The molecular weight excluding hydrogens is 318 g/mol. The number of rotatable bonds is 3. The molecule has 2 unspecified atom stereocenters. The van der Waals surface area contributed by atoms with E-state index in [-0.39, 0.29) is 24.5 Å². The maximum atomic E-state index is 12.1. The van der Waals surface area contributed by atoms with Gasteiger partial charge in [0.1, 0.15) is 0 Å². The first kappa shape index (κ1) is 13.8. The summed E-state index contributed by atoms with van der Waals surface area (Å²) < 4.78 is 0.773. The molecule has 2 rings (SSSR count). The van der Waals surface area contributed by atoms with Crippen molar-refractivity contribution >= 4 is 33.4 Å². The third kappa shape index (κ3) is 3.05. The fraction of sp³-hybridized carbons (Fsp3) is 0.462. The Hall–Kier alpha value is -0.580. The highest BCUT2D eigenvalue weighted by atomic mass is 79.9. The van der Waals surface area contributed by atoms with Crippen molar-refractivity contribution in [3.05, 3.63) is 33.3 Å². The summed E-state index contributed by atoms with van der Waals surface area (Å²) >= 11 is 9.25. The molecule has 98 valence electrons. The van der Waals surface area contributed by atoms with E-state index >= 15 is 0 Å². The van der Waals surface area contributed by atoms with Crippen LogP contribution in [0.5, 0.6) is 0 Å². The van der Waals surface area contributed by atoms with Gasteiger partial charge in [-0.2, -0.15) is 0 Å².